The first kappa shape index (κ1) is 15.0. The zero-order chi connectivity index (χ0) is 14.9. The highest BCUT2D eigenvalue weighted by Gasteiger charge is 2.08. The van der Waals surface area contributed by atoms with E-state index in [0.29, 0.717) is 0 Å². The molecule has 0 amide bonds. The number of aliphatic imine (C=N–C) groups is 1. The van der Waals surface area contributed by atoms with Gasteiger partial charge >= 0.3 is 0 Å². The van der Waals surface area contributed by atoms with Crippen molar-refractivity contribution in [2.24, 2.45) is 4.99 Å². The van der Waals surface area contributed by atoms with E-state index in [1.165, 1.54) is 0 Å². The summed E-state index contributed by atoms with van der Waals surface area (Å²) in [6.45, 7) is 9.99. The third kappa shape index (κ3) is 3.03. The Morgan fingerprint density at radius 2 is 2.10 bits per heavy atom. The minimum absolute atomic E-state index is 0.899. The summed E-state index contributed by atoms with van der Waals surface area (Å²) in [6, 6.07) is 2.13. The quantitative estimate of drug-likeness (QED) is 0.380. The molecular weight excluding hydrogens is 360 g/mol. The summed E-state index contributed by atoms with van der Waals surface area (Å²) in [7, 11) is 2.05. The Morgan fingerprint density at radius 1 is 1.40 bits per heavy atom. The van der Waals surface area contributed by atoms with Gasteiger partial charge in [-0.15, -0.1) is 0 Å². The number of pyridine rings is 1. The van der Waals surface area contributed by atoms with Gasteiger partial charge in [0, 0.05) is 32.6 Å². The van der Waals surface area contributed by atoms with Gasteiger partial charge in [0.1, 0.15) is 13.5 Å². The fraction of sp³-hybridized carbons (Fsp3) is 0.200. The normalized spacial score (nSPS) is 13.5. The number of hydrogen-bond donors (Lipinski definition) is 1. The number of nitrogens with one attached hydrogen (secondary N) is 1. The largest absolute Gasteiger partial charge is 0.345 e. The van der Waals surface area contributed by atoms with Gasteiger partial charge in [0.05, 0.1) is 5.70 Å². The highest BCUT2D eigenvalue weighted by molar-refractivity contribution is 14.1. The molecular formula is C15H17BIN3. The average molecular weight is 377 g/mol. The molecule has 102 valence electrons. The molecule has 0 aliphatic heterocycles. The third-order valence-corrected chi connectivity index (χ3v) is 4.79. The van der Waals surface area contributed by atoms with E-state index in [2.05, 4.69) is 45.2 Å². The smallest absolute Gasteiger partial charge is 0.141 e. The standard InChI is InChI=1S/C15H17BIN3/c1-8(2)14(17)10(4)20-9(3)13-7-19-15-12(13)5-11(16)6-18-15/h5-7H,1,16H2,2-4H3,(H,18,19)/b14-10+,20-9+. The molecule has 0 bridgehead atoms. The average Bonchev–Trinajstić information content (AvgIpc) is 2.80. The second-order valence-electron chi connectivity index (χ2n) is 4.99. The van der Waals surface area contributed by atoms with Crippen molar-refractivity contribution >= 4 is 52.6 Å². The highest BCUT2D eigenvalue weighted by Crippen LogP contribution is 2.23. The van der Waals surface area contributed by atoms with Crippen LogP contribution in [0.25, 0.3) is 11.0 Å². The molecule has 0 saturated carbocycles. The van der Waals surface area contributed by atoms with Crippen LogP contribution in [0.15, 0.2) is 44.9 Å². The van der Waals surface area contributed by atoms with Crippen LogP contribution >= 0.6 is 22.6 Å². The van der Waals surface area contributed by atoms with Crippen LogP contribution in [0.2, 0.25) is 0 Å². The summed E-state index contributed by atoms with van der Waals surface area (Å²) in [6.07, 6.45) is 3.83. The predicted molar refractivity (Wildman–Crippen MR) is 98.0 cm³/mol. The Bertz CT molecular complexity index is 741. The summed E-state index contributed by atoms with van der Waals surface area (Å²) in [5, 5.41) is 1.12. The Labute approximate surface area is 133 Å². The molecule has 2 rings (SSSR count). The molecule has 2 heterocycles. The fourth-order valence-electron chi connectivity index (χ4n) is 2.08. The maximum atomic E-state index is 4.70. The molecule has 0 aliphatic rings. The van der Waals surface area contributed by atoms with Crippen LogP contribution in [0.5, 0.6) is 0 Å². The molecule has 0 saturated heterocycles. The van der Waals surface area contributed by atoms with Crippen LogP contribution in [0.3, 0.4) is 0 Å². The van der Waals surface area contributed by atoms with Gasteiger partial charge in [-0.1, -0.05) is 18.1 Å². The summed E-state index contributed by atoms with van der Waals surface area (Å²) in [5.74, 6) is 0. The molecule has 1 N–H and O–H groups in total. The van der Waals surface area contributed by atoms with Crippen molar-refractivity contribution in [3.63, 3.8) is 0 Å². The van der Waals surface area contributed by atoms with Gasteiger partial charge in [-0.3, -0.25) is 4.99 Å². The Morgan fingerprint density at radius 3 is 2.75 bits per heavy atom. The number of rotatable bonds is 3. The number of aromatic nitrogens is 2. The molecule has 0 atom stereocenters. The van der Waals surface area contributed by atoms with E-state index in [0.717, 1.165) is 42.6 Å². The van der Waals surface area contributed by atoms with E-state index in [4.69, 9.17) is 4.99 Å². The summed E-state index contributed by atoms with van der Waals surface area (Å²) >= 11 is 2.28. The lowest BCUT2D eigenvalue weighted by atomic mass is 9.97. The molecule has 0 unspecified atom stereocenters. The van der Waals surface area contributed by atoms with Crippen LogP contribution < -0.4 is 5.46 Å². The summed E-state index contributed by atoms with van der Waals surface area (Å²) < 4.78 is 1.11. The number of halogens is 1. The predicted octanol–water partition coefficient (Wildman–Crippen LogP) is 2.87. The van der Waals surface area contributed by atoms with Crippen LogP contribution in [-0.4, -0.2) is 23.5 Å². The highest BCUT2D eigenvalue weighted by atomic mass is 127. The van der Waals surface area contributed by atoms with Crippen molar-refractivity contribution in [2.45, 2.75) is 20.8 Å². The first-order valence-electron chi connectivity index (χ1n) is 6.41. The SMILES string of the molecule is Bc1cnc2[nH]cc(/C(C)=N/C(C)=C(/I)C(=C)C)c2c1. The molecule has 0 aliphatic carbocycles. The van der Waals surface area contributed by atoms with Crippen LogP contribution in [0.1, 0.15) is 26.3 Å². The van der Waals surface area contributed by atoms with Crippen molar-refractivity contribution in [1.29, 1.82) is 0 Å². The van der Waals surface area contributed by atoms with Crippen molar-refractivity contribution in [2.75, 3.05) is 0 Å². The zero-order valence-corrected chi connectivity index (χ0v) is 14.4. The number of H-pyrrole nitrogens is 1. The van der Waals surface area contributed by atoms with Gasteiger partial charge in [0.15, 0.2) is 0 Å². The topological polar surface area (TPSA) is 41.0 Å². The van der Waals surface area contributed by atoms with Gasteiger partial charge in [-0.05, 0) is 48.9 Å². The van der Waals surface area contributed by atoms with Crippen LogP contribution in [-0.2, 0) is 0 Å². The summed E-state index contributed by atoms with van der Waals surface area (Å²) in [4.78, 5) is 12.3. The lowest BCUT2D eigenvalue weighted by Crippen LogP contribution is -2.03. The van der Waals surface area contributed by atoms with Crippen molar-refractivity contribution in [1.82, 2.24) is 9.97 Å². The van der Waals surface area contributed by atoms with Gasteiger partial charge in [-0.2, -0.15) is 0 Å². The zero-order valence-electron chi connectivity index (χ0n) is 12.2. The molecule has 2 aromatic rings. The number of hydrogen-bond acceptors (Lipinski definition) is 2. The number of nitrogens with zero attached hydrogens (tertiary/aromatic N) is 2. The van der Waals surface area contributed by atoms with E-state index in [1.807, 2.05) is 41.0 Å². The Kier molecular flexibility index (Phi) is 4.47. The molecule has 5 heteroatoms. The van der Waals surface area contributed by atoms with Crippen molar-refractivity contribution in [3.8, 4) is 0 Å². The monoisotopic (exact) mass is 377 g/mol. The van der Waals surface area contributed by atoms with Crippen LogP contribution in [0.4, 0.5) is 0 Å². The van der Waals surface area contributed by atoms with Gasteiger partial charge in [0.2, 0.25) is 0 Å². The molecule has 0 fully saturated rings. The minimum Gasteiger partial charge on any atom is -0.345 e. The van der Waals surface area contributed by atoms with Crippen molar-refractivity contribution < 1.29 is 0 Å². The van der Waals surface area contributed by atoms with Gasteiger partial charge in [0.25, 0.3) is 0 Å². The second kappa shape index (κ2) is 5.95. The molecule has 20 heavy (non-hydrogen) atoms. The summed E-state index contributed by atoms with van der Waals surface area (Å²) in [5.41, 5.74) is 6.16. The molecule has 2 aromatic heterocycles. The van der Waals surface area contributed by atoms with Crippen LogP contribution in [0, 0.1) is 0 Å². The maximum absolute atomic E-state index is 4.70. The van der Waals surface area contributed by atoms with Gasteiger partial charge in [-0.25, -0.2) is 4.98 Å². The van der Waals surface area contributed by atoms with E-state index >= 15 is 0 Å². The lowest BCUT2D eigenvalue weighted by Gasteiger charge is -2.04. The Hall–Kier alpha value is -1.37. The molecule has 3 nitrogen and oxygen atoms in total. The fourth-order valence-corrected chi connectivity index (χ4v) is 2.20. The molecule has 0 radical (unpaired) electrons. The first-order valence-corrected chi connectivity index (χ1v) is 7.49. The maximum Gasteiger partial charge on any atom is 0.141 e. The van der Waals surface area contributed by atoms with E-state index < -0.39 is 0 Å². The number of aromatic amines is 1. The first-order chi connectivity index (χ1) is 9.40. The second-order valence-corrected chi connectivity index (χ2v) is 6.07. The van der Waals surface area contributed by atoms with E-state index in [9.17, 15) is 0 Å². The molecule has 0 spiro atoms. The number of fused-ring (bicyclic) bond motifs is 1. The minimum atomic E-state index is 0.899. The van der Waals surface area contributed by atoms with E-state index in [-0.39, 0.29) is 0 Å². The third-order valence-electron chi connectivity index (χ3n) is 3.09. The molecule has 0 aromatic carbocycles. The van der Waals surface area contributed by atoms with Gasteiger partial charge < -0.3 is 4.98 Å². The van der Waals surface area contributed by atoms with E-state index in [1.54, 1.807) is 0 Å². The number of allylic oxidation sites excluding steroid dienone is 3. The lowest BCUT2D eigenvalue weighted by molar-refractivity contribution is 1.27. The van der Waals surface area contributed by atoms with Crippen molar-refractivity contribution in [3.05, 3.63) is 45.5 Å². The Balaban J connectivity index is 2.51.